The van der Waals surface area contributed by atoms with Gasteiger partial charge in [-0.2, -0.15) is 0 Å². The van der Waals surface area contributed by atoms with Gasteiger partial charge >= 0.3 is 0 Å². The largest absolute Gasteiger partial charge is 0.453 e. The third-order valence-electron chi connectivity index (χ3n) is 6.28. The Morgan fingerprint density at radius 3 is 2.15 bits per heavy atom. The Morgan fingerprint density at radius 2 is 1.38 bits per heavy atom. The molecule has 0 aliphatic carbocycles. The summed E-state index contributed by atoms with van der Waals surface area (Å²) < 4.78 is 6.43. The second kappa shape index (κ2) is 8.60. The van der Waals surface area contributed by atoms with Gasteiger partial charge in [-0.3, -0.25) is 9.97 Å². The fraction of sp³-hybridized carbons (Fsp3) is 0.0968. The highest BCUT2D eigenvalue weighted by molar-refractivity contribution is 6.09. The number of nitrogens with zero attached hydrogens (tertiary/aromatic N) is 2. The minimum atomic E-state index is 0.799. The molecule has 3 aromatic carbocycles. The molecular formula is C31H24N2O. The van der Waals surface area contributed by atoms with E-state index < -0.39 is 0 Å². The summed E-state index contributed by atoms with van der Waals surface area (Å²) >= 11 is 0. The fourth-order valence-corrected chi connectivity index (χ4v) is 4.68. The zero-order chi connectivity index (χ0) is 22.9. The lowest BCUT2D eigenvalue weighted by Crippen LogP contribution is -1.94. The zero-order valence-corrected chi connectivity index (χ0v) is 19.0. The molecule has 0 unspecified atom stereocenters. The van der Waals surface area contributed by atoms with Crippen LogP contribution in [0.5, 0.6) is 0 Å². The van der Waals surface area contributed by atoms with Gasteiger partial charge in [0.05, 0.1) is 11.4 Å². The average molecular weight is 441 g/mol. The van der Waals surface area contributed by atoms with Crippen molar-refractivity contribution in [3.05, 3.63) is 131 Å². The van der Waals surface area contributed by atoms with E-state index >= 15 is 0 Å². The number of aryl methyl sites for hydroxylation is 1. The molecule has 0 N–H and O–H groups in total. The van der Waals surface area contributed by atoms with Crippen molar-refractivity contribution < 1.29 is 4.42 Å². The Hall–Kier alpha value is -4.24. The second-order valence-corrected chi connectivity index (χ2v) is 8.73. The molecule has 3 nitrogen and oxygen atoms in total. The highest BCUT2D eigenvalue weighted by Crippen LogP contribution is 2.36. The Labute approximate surface area is 198 Å². The molecule has 0 fully saturated rings. The van der Waals surface area contributed by atoms with E-state index in [0.717, 1.165) is 57.4 Å². The number of hydrogen-bond acceptors (Lipinski definition) is 3. The van der Waals surface area contributed by atoms with E-state index in [1.807, 2.05) is 25.3 Å². The SMILES string of the molecule is Cc1nc(Cc2ccccc2)cc2c1oc1c(-c3cc(Cc4ccccc4)ccn3)cccc12. The van der Waals surface area contributed by atoms with Gasteiger partial charge in [0.15, 0.2) is 5.58 Å². The molecule has 0 atom stereocenters. The first-order valence-electron chi connectivity index (χ1n) is 11.6. The zero-order valence-electron chi connectivity index (χ0n) is 19.0. The predicted octanol–water partition coefficient (Wildman–Crippen LogP) is 7.53. The van der Waals surface area contributed by atoms with Gasteiger partial charge in [0.25, 0.3) is 0 Å². The van der Waals surface area contributed by atoms with Crippen LogP contribution in [0.3, 0.4) is 0 Å². The highest BCUT2D eigenvalue weighted by atomic mass is 16.3. The summed E-state index contributed by atoms with van der Waals surface area (Å²) in [6.07, 6.45) is 3.56. The van der Waals surface area contributed by atoms with Crippen LogP contribution < -0.4 is 0 Å². The molecule has 6 aromatic rings. The number of pyridine rings is 2. The number of benzene rings is 3. The average Bonchev–Trinajstić information content (AvgIpc) is 3.25. The van der Waals surface area contributed by atoms with Gasteiger partial charge in [-0.1, -0.05) is 72.8 Å². The Bertz CT molecular complexity index is 1600. The maximum atomic E-state index is 6.43. The van der Waals surface area contributed by atoms with Crippen LogP contribution in [0, 0.1) is 6.92 Å². The van der Waals surface area contributed by atoms with Gasteiger partial charge in [0.1, 0.15) is 5.58 Å². The van der Waals surface area contributed by atoms with Crippen molar-refractivity contribution in [2.24, 2.45) is 0 Å². The van der Waals surface area contributed by atoms with Crippen molar-refractivity contribution >= 4 is 21.9 Å². The quantitative estimate of drug-likeness (QED) is 0.278. The van der Waals surface area contributed by atoms with Crippen LogP contribution in [0.4, 0.5) is 0 Å². The molecule has 0 saturated carbocycles. The van der Waals surface area contributed by atoms with Crippen LogP contribution in [-0.2, 0) is 12.8 Å². The van der Waals surface area contributed by atoms with Crippen molar-refractivity contribution in [2.45, 2.75) is 19.8 Å². The molecule has 34 heavy (non-hydrogen) atoms. The smallest absolute Gasteiger partial charge is 0.156 e. The summed E-state index contributed by atoms with van der Waals surface area (Å²) in [7, 11) is 0. The third-order valence-corrected chi connectivity index (χ3v) is 6.28. The van der Waals surface area contributed by atoms with E-state index in [4.69, 9.17) is 14.4 Å². The first kappa shape index (κ1) is 20.4. The molecule has 164 valence electrons. The lowest BCUT2D eigenvalue weighted by Gasteiger charge is -2.06. The van der Waals surface area contributed by atoms with Gasteiger partial charge in [-0.15, -0.1) is 0 Å². The molecular weight excluding hydrogens is 416 g/mol. The number of aromatic nitrogens is 2. The van der Waals surface area contributed by atoms with Gasteiger partial charge in [-0.05, 0) is 54.3 Å². The van der Waals surface area contributed by atoms with E-state index in [9.17, 15) is 0 Å². The van der Waals surface area contributed by atoms with Crippen LogP contribution in [0.1, 0.15) is 28.1 Å². The Morgan fingerprint density at radius 1 is 0.647 bits per heavy atom. The summed E-state index contributed by atoms with van der Waals surface area (Å²) in [6, 6.07) is 33.7. The summed E-state index contributed by atoms with van der Waals surface area (Å²) in [5.74, 6) is 0. The van der Waals surface area contributed by atoms with E-state index in [1.54, 1.807) is 0 Å². The van der Waals surface area contributed by atoms with Crippen molar-refractivity contribution in [3.63, 3.8) is 0 Å². The van der Waals surface area contributed by atoms with Crippen LogP contribution >= 0.6 is 0 Å². The number of furan rings is 1. The molecule has 0 spiro atoms. The predicted molar refractivity (Wildman–Crippen MR) is 138 cm³/mol. The number of rotatable bonds is 5. The van der Waals surface area contributed by atoms with Gasteiger partial charge in [0.2, 0.25) is 0 Å². The molecule has 0 radical (unpaired) electrons. The second-order valence-electron chi connectivity index (χ2n) is 8.73. The topological polar surface area (TPSA) is 38.9 Å². The van der Waals surface area contributed by atoms with Crippen LogP contribution in [0.15, 0.2) is 108 Å². The monoisotopic (exact) mass is 440 g/mol. The maximum absolute atomic E-state index is 6.43. The highest BCUT2D eigenvalue weighted by Gasteiger charge is 2.16. The molecule has 0 bridgehead atoms. The lowest BCUT2D eigenvalue weighted by atomic mass is 10.0. The molecule has 3 heterocycles. The van der Waals surface area contributed by atoms with E-state index in [0.29, 0.717) is 0 Å². The molecule has 0 saturated heterocycles. The third kappa shape index (κ3) is 3.86. The van der Waals surface area contributed by atoms with Crippen molar-refractivity contribution in [1.82, 2.24) is 9.97 Å². The Balaban J connectivity index is 1.43. The molecule has 0 amide bonds. The molecule has 0 aliphatic heterocycles. The van der Waals surface area contributed by atoms with E-state index in [1.165, 1.54) is 16.7 Å². The standard InChI is InChI=1S/C31H24N2O/c1-21-30-28(20-25(33-21)18-23-11-6-3-7-12-23)26-13-8-14-27(31(26)34-30)29-19-24(15-16-32-29)17-22-9-4-2-5-10-22/h2-16,19-20H,17-18H2,1H3. The van der Waals surface area contributed by atoms with Crippen LogP contribution in [0.25, 0.3) is 33.2 Å². The number of hydrogen-bond donors (Lipinski definition) is 0. The van der Waals surface area contributed by atoms with Gasteiger partial charge in [-0.25, -0.2) is 0 Å². The maximum Gasteiger partial charge on any atom is 0.156 e. The van der Waals surface area contributed by atoms with Gasteiger partial charge < -0.3 is 4.42 Å². The fourth-order valence-electron chi connectivity index (χ4n) is 4.68. The number of para-hydroxylation sites is 1. The Kier molecular flexibility index (Phi) is 5.15. The van der Waals surface area contributed by atoms with E-state index in [-0.39, 0.29) is 0 Å². The molecule has 3 heteroatoms. The molecule has 3 aromatic heterocycles. The first-order chi connectivity index (χ1) is 16.7. The number of fused-ring (bicyclic) bond motifs is 3. The summed E-state index contributed by atoms with van der Waals surface area (Å²) in [5.41, 5.74) is 9.37. The first-order valence-corrected chi connectivity index (χ1v) is 11.6. The normalized spacial score (nSPS) is 11.3. The van der Waals surface area contributed by atoms with Crippen molar-refractivity contribution in [1.29, 1.82) is 0 Å². The minimum Gasteiger partial charge on any atom is -0.453 e. The van der Waals surface area contributed by atoms with Crippen LogP contribution in [-0.4, -0.2) is 9.97 Å². The molecule has 0 aliphatic rings. The summed E-state index contributed by atoms with van der Waals surface area (Å²) in [4.78, 5) is 9.54. The molecule has 6 rings (SSSR count). The minimum absolute atomic E-state index is 0.799. The summed E-state index contributed by atoms with van der Waals surface area (Å²) in [5, 5.41) is 2.21. The lowest BCUT2D eigenvalue weighted by molar-refractivity contribution is 0.663. The van der Waals surface area contributed by atoms with E-state index in [2.05, 4.69) is 84.9 Å². The van der Waals surface area contributed by atoms with Crippen LogP contribution in [0.2, 0.25) is 0 Å². The van der Waals surface area contributed by atoms with Gasteiger partial charge in [0, 0.05) is 34.6 Å². The van der Waals surface area contributed by atoms with Crippen molar-refractivity contribution in [3.8, 4) is 11.3 Å². The summed E-state index contributed by atoms with van der Waals surface area (Å²) in [6.45, 7) is 2.03. The van der Waals surface area contributed by atoms with Crippen molar-refractivity contribution in [2.75, 3.05) is 0 Å².